The Morgan fingerprint density at radius 2 is 1.73 bits per heavy atom. The number of carbonyl (C=O) groups excluding carboxylic acids is 2. The quantitative estimate of drug-likeness (QED) is 0.474. The first kappa shape index (κ1) is 12.0. The van der Waals surface area contributed by atoms with Crippen LogP contribution in [-0.2, 0) is 0 Å². The van der Waals surface area contributed by atoms with Crippen molar-refractivity contribution in [1.82, 2.24) is 0 Å². The second-order valence-corrected chi connectivity index (χ2v) is 3.24. The molecule has 4 nitrogen and oxygen atoms in total. The molecule has 0 N–H and O–H groups in total. The fourth-order valence-corrected chi connectivity index (χ4v) is 1.46. The molecule has 0 spiro atoms. The van der Waals surface area contributed by atoms with E-state index in [0.717, 1.165) is 0 Å². The van der Waals surface area contributed by atoms with E-state index >= 15 is 0 Å². The minimum absolute atomic E-state index is 0.294. The van der Waals surface area contributed by atoms with E-state index in [9.17, 15) is 9.59 Å². The minimum Gasteiger partial charge on any atom is -0.493 e. The van der Waals surface area contributed by atoms with Crippen molar-refractivity contribution < 1.29 is 19.1 Å². The maximum absolute atomic E-state index is 10.7. The van der Waals surface area contributed by atoms with Gasteiger partial charge in [-0.15, -0.1) is 0 Å². The molecule has 0 heterocycles. The molecule has 0 aliphatic heterocycles. The van der Waals surface area contributed by atoms with Gasteiger partial charge in [-0.3, -0.25) is 9.59 Å². The third-order valence-corrected chi connectivity index (χ3v) is 2.14. The van der Waals surface area contributed by atoms with Gasteiger partial charge in [-0.2, -0.15) is 0 Å². The Labute approximate surface area is 101 Å². The van der Waals surface area contributed by atoms with Gasteiger partial charge < -0.3 is 9.47 Å². The summed E-state index contributed by atoms with van der Waals surface area (Å²) in [4.78, 5) is 21.4. The van der Waals surface area contributed by atoms with Crippen molar-refractivity contribution in [2.75, 3.05) is 11.7 Å². The summed E-state index contributed by atoms with van der Waals surface area (Å²) in [5, 5.41) is 0. The van der Waals surface area contributed by atoms with Crippen LogP contribution in [-0.4, -0.2) is 24.3 Å². The topological polar surface area (TPSA) is 52.6 Å². The molecular weight excluding hydrogens is 311 g/mol. The zero-order valence-electron chi connectivity index (χ0n) is 8.03. The van der Waals surface area contributed by atoms with Crippen molar-refractivity contribution in [2.24, 2.45) is 0 Å². The Hall–Kier alpha value is -1.11. The lowest BCUT2D eigenvalue weighted by atomic mass is 10.1. The van der Waals surface area contributed by atoms with Crippen molar-refractivity contribution in [3.05, 3.63) is 23.3 Å². The van der Waals surface area contributed by atoms with Crippen LogP contribution in [0.2, 0.25) is 0 Å². The lowest BCUT2D eigenvalue weighted by Crippen LogP contribution is -1.98. The summed E-state index contributed by atoms with van der Waals surface area (Å²) >= 11 is 2.03. The van der Waals surface area contributed by atoms with Gasteiger partial charge >= 0.3 is 0 Å². The van der Waals surface area contributed by atoms with Gasteiger partial charge in [-0.25, -0.2) is 0 Å². The molecule has 0 radical (unpaired) electrons. The summed E-state index contributed by atoms with van der Waals surface area (Å²) in [7, 11) is 1.48. The summed E-state index contributed by atoms with van der Waals surface area (Å²) in [5.41, 5.74) is 0.591. The van der Waals surface area contributed by atoms with Crippen molar-refractivity contribution in [2.45, 2.75) is 0 Å². The Morgan fingerprint density at radius 3 is 2.13 bits per heavy atom. The third kappa shape index (κ3) is 2.68. The lowest BCUT2D eigenvalue weighted by Gasteiger charge is -2.10. The van der Waals surface area contributed by atoms with Crippen LogP contribution in [0, 0.1) is 0 Å². The van der Waals surface area contributed by atoms with Gasteiger partial charge in [0.15, 0.2) is 24.1 Å². The Balaban J connectivity index is 3.26. The van der Waals surface area contributed by atoms with Crippen LogP contribution < -0.4 is 9.47 Å². The minimum atomic E-state index is 0.294. The average Bonchev–Trinajstić information content (AvgIpc) is 2.28. The normalized spacial score (nSPS) is 9.47. The van der Waals surface area contributed by atoms with E-state index in [2.05, 4.69) is 0 Å². The first-order chi connectivity index (χ1) is 7.26. The van der Waals surface area contributed by atoms with Gasteiger partial charge in [0, 0.05) is 11.1 Å². The molecule has 0 atom stereocenters. The predicted molar refractivity (Wildman–Crippen MR) is 63.3 cm³/mol. The van der Waals surface area contributed by atoms with Crippen LogP contribution >= 0.6 is 22.6 Å². The highest BCUT2D eigenvalue weighted by atomic mass is 127. The predicted octanol–water partition coefficient (Wildman–Crippen LogP) is 2.09. The van der Waals surface area contributed by atoms with E-state index < -0.39 is 0 Å². The van der Waals surface area contributed by atoms with Crippen LogP contribution in [0.1, 0.15) is 20.7 Å². The zero-order chi connectivity index (χ0) is 11.3. The number of benzene rings is 1. The Morgan fingerprint density at radius 1 is 1.20 bits per heavy atom. The van der Waals surface area contributed by atoms with Gasteiger partial charge in [0.25, 0.3) is 0 Å². The third-order valence-electron chi connectivity index (χ3n) is 1.83. The molecule has 0 saturated carbocycles. The van der Waals surface area contributed by atoms with Crippen molar-refractivity contribution in [1.29, 1.82) is 0 Å². The number of halogens is 1. The fourth-order valence-electron chi connectivity index (χ4n) is 1.13. The zero-order valence-corrected chi connectivity index (χ0v) is 10.2. The van der Waals surface area contributed by atoms with E-state index in [1.54, 1.807) is 0 Å². The van der Waals surface area contributed by atoms with Crippen molar-refractivity contribution in [3.8, 4) is 11.5 Å². The number of aldehydes is 2. The maximum atomic E-state index is 10.7. The number of ether oxygens (including phenoxy) is 2. The highest BCUT2D eigenvalue weighted by Crippen LogP contribution is 2.30. The molecule has 1 aromatic rings. The molecule has 0 saturated heterocycles. The molecular formula is C10H9IO4. The lowest BCUT2D eigenvalue weighted by molar-refractivity contribution is 0.109. The van der Waals surface area contributed by atoms with Gasteiger partial charge in [-0.05, 0) is 34.7 Å². The van der Waals surface area contributed by atoms with Gasteiger partial charge in [0.05, 0.1) is 7.11 Å². The SMILES string of the molecule is COc1cc(C=O)c(C=O)cc1OCI. The summed E-state index contributed by atoms with van der Waals surface area (Å²) < 4.78 is 10.7. The fraction of sp³-hybridized carbons (Fsp3) is 0.200. The maximum Gasteiger partial charge on any atom is 0.163 e. The molecule has 0 aliphatic rings. The highest BCUT2D eigenvalue weighted by molar-refractivity contribution is 14.1. The van der Waals surface area contributed by atoms with Gasteiger partial charge in [-0.1, -0.05) is 0 Å². The molecule has 1 rings (SSSR count). The molecule has 5 heteroatoms. The van der Waals surface area contributed by atoms with E-state index in [4.69, 9.17) is 9.47 Å². The number of carbonyl (C=O) groups is 2. The Kier molecular flexibility index (Phi) is 4.54. The van der Waals surface area contributed by atoms with E-state index in [1.165, 1.54) is 19.2 Å². The standard InChI is InChI=1S/C10H9IO4/c1-14-9-2-7(4-12)8(5-13)3-10(9)15-6-11/h2-5H,6H2,1H3. The molecule has 0 amide bonds. The largest absolute Gasteiger partial charge is 0.493 e. The van der Waals surface area contributed by atoms with Crippen LogP contribution in [0.5, 0.6) is 11.5 Å². The monoisotopic (exact) mass is 320 g/mol. The second-order valence-electron chi connectivity index (χ2n) is 2.62. The summed E-state index contributed by atoms with van der Waals surface area (Å²) in [5.74, 6) is 0.902. The molecule has 1 aromatic carbocycles. The Bertz CT molecular complexity index is 376. The number of methoxy groups -OCH3 is 1. The number of alkyl halides is 1. The molecule has 0 bridgehead atoms. The first-order valence-electron chi connectivity index (χ1n) is 4.08. The molecule has 0 fully saturated rings. The van der Waals surface area contributed by atoms with Crippen LogP contribution in [0.3, 0.4) is 0 Å². The molecule has 80 valence electrons. The number of hydrogen-bond acceptors (Lipinski definition) is 4. The second kappa shape index (κ2) is 5.69. The van der Waals surface area contributed by atoms with Crippen LogP contribution in [0.4, 0.5) is 0 Å². The summed E-state index contributed by atoms with van der Waals surface area (Å²) in [6, 6.07) is 2.98. The van der Waals surface area contributed by atoms with Gasteiger partial charge in [0.1, 0.15) is 4.61 Å². The van der Waals surface area contributed by atoms with Crippen molar-refractivity contribution >= 4 is 35.2 Å². The molecule has 15 heavy (non-hydrogen) atoms. The smallest absolute Gasteiger partial charge is 0.163 e. The highest BCUT2D eigenvalue weighted by Gasteiger charge is 2.10. The van der Waals surface area contributed by atoms with E-state index in [-0.39, 0.29) is 0 Å². The van der Waals surface area contributed by atoms with Crippen molar-refractivity contribution in [3.63, 3.8) is 0 Å². The summed E-state index contributed by atoms with van der Waals surface area (Å²) in [6.07, 6.45) is 1.23. The molecule has 0 unspecified atom stereocenters. The molecule has 0 aromatic heterocycles. The summed E-state index contributed by atoms with van der Waals surface area (Å²) in [6.45, 7) is 0. The van der Waals surface area contributed by atoms with E-state index in [1.807, 2.05) is 22.6 Å². The number of hydrogen-bond donors (Lipinski definition) is 0. The van der Waals surface area contributed by atoms with Crippen LogP contribution in [0.25, 0.3) is 0 Å². The number of rotatable bonds is 5. The first-order valence-corrected chi connectivity index (χ1v) is 5.60. The van der Waals surface area contributed by atoms with E-state index in [0.29, 0.717) is 39.8 Å². The average molecular weight is 320 g/mol. The van der Waals surface area contributed by atoms with Gasteiger partial charge in [0.2, 0.25) is 0 Å². The van der Waals surface area contributed by atoms with Crippen LogP contribution in [0.15, 0.2) is 12.1 Å². The molecule has 0 aliphatic carbocycles.